The smallest absolute Gasteiger partial charge is 0.380 e. The lowest BCUT2D eigenvalue weighted by atomic mass is 9.96. The van der Waals surface area contributed by atoms with E-state index in [1.165, 1.54) is 29.0 Å². The number of carbonyl (C=O) groups is 1. The molecule has 11 nitrogen and oxygen atoms in total. The lowest BCUT2D eigenvalue weighted by Gasteiger charge is -2.24. The molecule has 2 fully saturated rings. The van der Waals surface area contributed by atoms with Gasteiger partial charge >= 0.3 is 19.3 Å². The molecule has 1 aromatic heterocycles. The van der Waals surface area contributed by atoms with Gasteiger partial charge in [-0.05, 0) is 48.7 Å². The molecule has 0 amide bonds. The van der Waals surface area contributed by atoms with Crippen LogP contribution in [0.15, 0.2) is 71.7 Å². The van der Waals surface area contributed by atoms with Crippen molar-refractivity contribution in [3.05, 3.63) is 87.9 Å². The first-order valence-electron chi connectivity index (χ1n) is 13.2. The van der Waals surface area contributed by atoms with Crippen molar-refractivity contribution in [1.82, 2.24) is 9.55 Å². The molecule has 1 saturated carbocycles. The van der Waals surface area contributed by atoms with Gasteiger partial charge in [0.2, 0.25) is 0 Å². The van der Waals surface area contributed by atoms with Gasteiger partial charge in [0.25, 0.3) is 0 Å². The monoisotopic (exact) mass is 603 g/mol. The molecule has 0 bridgehead atoms. The first-order valence-corrected chi connectivity index (χ1v) is 15.3. The number of aromatic nitrogens is 2. The Bertz CT molecular complexity index is 1480. The van der Waals surface area contributed by atoms with E-state index in [9.17, 15) is 19.3 Å². The number of hydrogen-bond donors (Lipinski definition) is 2. The zero-order chi connectivity index (χ0) is 29.2. The number of rotatable bonds is 11. The van der Waals surface area contributed by atoms with Crippen LogP contribution in [0.1, 0.15) is 31.6 Å². The molecule has 1 unspecified atom stereocenters. The van der Waals surface area contributed by atoms with Crippen molar-refractivity contribution in [2.45, 2.75) is 44.8 Å². The molecule has 5 rings (SSSR count). The average molecular weight is 604 g/mol. The number of nitrogens with zero attached hydrogens (tertiary/aromatic N) is 2. The highest BCUT2D eigenvalue weighted by Gasteiger charge is 2.64. The van der Waals surface area contributed by atoms with Crippen molar-refractivity contribution < 1.29 is 33.0 Å². The van der Waals surface area contributed by atoms with E-state index in [2.05, 4.69) is 4.98 Å². The van der Waals surface area contributed by atoms with Crippen molar-refractivity contribution in [3.63, 3.8) is 0 Å². The van der Waals surface area contributed by atoms with Crippen molar-refractivity contribution in [1.29, 1.82) is 0 Å². The van der Waals surface area contributed by atoms with Crippen LogP contribution in [0.25, 0.3) is 0 Å². The molecule has 3 aromatic rings. The highest BCUT2D eigenvalue weighted by Crippen LogP contribution is 2.62. The third-order valence-electron chi connectivity index (χ3n) is 7.29. The summed E-state index contributed by atoms with van der Waals surface area (Å²) in [5.74, 6) is -1.10. The number of nitrogen functional groups attached to an aromatic ring is 1. The summed E-state index contributed by atoms with van der Waals surface area (Å²) in [6.45, 7) is 1.33. The second-order valence-electron chi connectivity index (χ2n) is 10.4. The molecule has 1 saturated heterocycles. The number of carbonyl (C=O) groups excluding carboxylic acids is 1. The number of halogens is 1. The van der Waals surface area contributed by atoms with Crippen LogP contribution < -0.4 is 15.9 Å². The minimum absolute atomic E-state index is 0.0676. The Morgan fingerprint density at radius 3 is 2.59 bits per heavy atom. The van der Waals surface area contributed by atoms with Gasteiger partial charge in [-0.3, -0.25) is 13.9 Å². The topological polar surface area (TPSA) is 152 Å². The molecule has 2 heterocycles. The van der Waals surface area contributed by atoms with Crippen LogP contribution in [0.3, 0.4) is 0 Å². The minimum Gasteiger partial charge on any atom is -0.461 e. The normalized spacial score (nSPS) is 23.0. The molecule has 2 aliphatic rings. The van der Waals surface area contributed by atoms with Gasteiger partial charge in [0.05, 0.1) is 24.8 Å². The molecule has 2 aromatic carbocycles. The predicted molar refractivity (Wildman–Crippen MR) is 150 cm³/mol. The summed E-state index contributed by atoms with van der Waals surface area (Å²) in [5, 5.41) is 11.6. The van der Waals surface area contributed by atoms with Crippen molar-refractivity contribution in [2.24, 2.45) is 11.3 Å². The molecule has 0 radical (unpaired) electrons. The van der Waals surface area contributed by atoms with Crippen LogP contribution in [0, 0.1) is 11.3 Å². The lowest BCUT2D eigenvalue weighted by molar-refractivity contribution is -0.148. The summed E-state index contributed by atoms with van der Waals surface area (Å²) in [6.07, 6.45) is -0.297. The first kappa shape index (κ1) is 29.3. The Hall–Kier alpha value is -3.21. The van der Waals surface area contributed by atoms with Crippen LogP contribution in [-0.2, 0) is 30.0 Å². The first-order chi connectivity index (χ1) is 19.6. The van der Waals surface area contributed by atoms with Gasteiger partial charge in [-0.1, -0.05) is 48.9 Å². The van der Waals surface area contributed by atoms with Crippen molar-refractivity contribution >= 4 is 31.0 Å². The molecule has 1 aliphatic heterocycles. The second-order valence-corrected chi connectivity index (χ2v) is 12.8. The number of aliphatic hydroxyl groups is 1. The molecule has 3 N–H and O–H groups in total. The summed E-state index contributed by atoms with van der Waals surface area (Å²) < 4.78 is 38.5. The van der Waals surface area contributed by atoms with E-state index in [0.29, 0.717) is 17.9 Å². The standard InChI is InChI=1S/C28H31ClN3O8P/c1-18(25(34)37-15-19-5-3-2-4-6-19)17-41(36,40-21-9-7-20(29)8-10-21)38-16-22-24(33)28(12-13-28)26(39-22)32-14-11-23(30)31-27(32)35/h2-11,14,18,22,24,26,33H,12-13,15-17H2,1H3,(H2,30,31,35)/t18-,22-,24-,26-,41?/m1/s1. The number of ether oxygens (including phenoxy) is 2. The Morgan fingerprint density at radius 2 is 1.93 bits per heavy atom. The maximum absolute atomic E-state index is 14.0. The molecule has 1 aliphatic carbocycles. The number of benzene rings is 2. The van der Waals surface area contributed by atoms with Crippen LogP contribution in [-0.4, -0.2) is 45.6 Å². The summed E-state index contributed by atoms with van der Waals surface area (Å²) in [7, 11) is -4.00. The van der Waals surface area contributed by atoms with Crippen LogP contribution in [0.2, 0.25) is 5.02 Å². The summed E-state index contributed by atoms with van der Waals surface area (Å²) in [4.78, 5) is 29.0. The Labute approximate surface area is 241 Å². The van der Waals surface area contributed by atoms with Crippen LogP contribution >= 0.6 is 19.2 Å². The fourth-order valence-electron chi connectivity index (χ4n) is 4.90. The molecule has 13 heteroatoms. The van der Waals surface area contributed by atoms with E-state index in [1.807, 2.05) is 30.3 Å². The van der Waals surface area contributed by atoms with Crippen LogP contribution in [0.5, 0.6) is 5.75 Å². The van der Waals surface area contributed by atoms with Crippen molar-refractivity contribution in [2.75, 3.05) is 18.5 Å². The number of hydrogen-bond acceptors (Lipinski definition) is 10. The molecule has 218 valence electrons. The second kappa shape index (κ2) is 12.0. The van der Waals surface area contributed by atoms with Gasteiger partial charge in [-0.15, -0.1) is 0 Å². The van der Waals surface area contributed by atoms with Crippen molar-refractivity contribution in [3.8, 4) is 5.75 Å². The molecule has 1 spiro atoms. The van der Waals surface area contributed by atoms with E-state index in [4.69, 9.17) is 35.9 Å². The predicted octanol–water partition coefficient (Wildman–Crippen LogP) is 4.19. The fourth-order valence-corrected chi connectivity index (χ4v) is 6.89. The van der Waals surface area contributed by atoms with E-state index < -0.39 is 49.0 Å². The van der Waals surface area contributed by atoms with Gasteiger partial charge in [0.15, 0.2) is 0 Å². The zero-order valence-electron chi connectivity index (χ0n) is 22.3. The van der Waals surface area contributed by atoms with Gasteiger partial charge in [0.1, 0.15) is 30.5 Å². The van der Waals surface area contributed by atoms with E-state index >= 15 is 0 Å². The third-order valence-corrected chi connectivity index (χ3v) is 9.56. The molecular formula is C28H31ClN3O8P. The summed E-state index contributed by atoms with van der Waals surface area (Å²) >= 11 is 5.98. The minimum atomic E-state index is -4.00. The van der Waals surface area contributed by atoms with E-state index in [1.54, 1.807) is 19.1 Å². The van der Waals surface area contributed by atoms with Gasteiger partial charge in [0, 0.05) is 16.6 Å². The van der Waals surface area contributed by atoms with E-state index in [-0.39, 0.29) is 30.9 Å². The maximum atomic E-state index is 14.0. The highest BCUT2D eigenvalue weighted by atomic mass is 35.5. The van der Waals surface area contributed by atoms with Crippen LogP contribution in [0.4, 0.5) is 5.82 Å². The highest BCUT2D eigenvalue weighted by molar-refractivity contribution is 7.54. The lowest BCUT2D eigenvalue weighted by Crippen LogP contribution is -2.34. The van der Waals surface area contributed by atoms with Gasteiger partial charge in [-0.2, -0.15) is 4.98 Å². The quantitative estimate of drug-likeness (QED) is 0.241. The zero-order valence-corrected chi connectivity index (χ0v) is 23.9. The Morgan fingerprint density at radius 1 is 1.22 bits per heavy atom. The average Bonchev–Trinajstić information content (AvgIpc) is 3.71. The fraction of sp³-hybridized carbons (Fsp3) is 0.393. The SMILES string of the molecule is C[C@H](CP(=O)(OC[C@H]1O[C@@H](n2ccc(N)nc2=O)C2(CC2)[C@@H]1O)Oc1ccc(Cl)cc1)C(=O)OCc1ccccc1. The molecule has 41 heavy (non-hydrogen) atoms. The number of anilines is 1. The largest absolute Gasteiger partial charge is 0.461 e. The summed E-state index contributed by atoms with van der Waals surface area (Å²) in [6, 6.07) is 16.9. The van der Waals surface area contributed by atoms with E-state index in [0.717, 1.165) is 5.56 Å². The molecular weight excluding hydrogens is 573 g/mol. The maximum Gasteiger partial charge on any atom is 0.380 e. The third kappa shape index (κ3) is 6.66. The Balaban J connectivity index is 1.29. The Kier molecular flexibility index (Phi) is 8.54. The summed E-state index contributed by atoms with van der Waals surface area (Å²) in [5.41, 5.74) is 5.13. The van der Waals surface area contributed by atoms with Gasteiger partial charge in [-0.25, -0.2) is 9.36 Å². The van der Waals surface area contributed by atoms with Gasteiger partial charge < -0.3 is 24.8 Å². The number of esters is 1. The number of nitrogens with two attached hydrogens (primary N) is 1. The molecule has 5 atom stereocenters. The number of aliphatic hydroxyl groups excluding tert-OH is 1.